The molecule has 2 saturated heterocycles. The SMILES string of the molecule is CC1CSCCN1C(=O)C(=O)N1CCCNCC1. The summed E-state index contributed by atoms with van der Waals surface area (Å²) in [6.07, 6.45) is 0.921. The number of thioether (sulfide) groups is 1. The molecule has 6 heteroatoms. The standard InChI is InChI=1S/C12H21N3O2S/c1-10-9-18-8-7-15(10)12(17)11(16)14-5-2-3-13-4-6-14/h10,13H,2-9H2,1H3. The van der Waals surface area contributed by atoms with Gasteiger partial charge in [0.1, 0.15) is 0 Å². The Morgan fingerprint density at radius 3 is 2.78 bits per heavy atom. The van der Waals surface area contributed by atoms with Crippen LogP contribution in [0.2, 0.25) is 0 Å². The smallest absolute Gasteiger partial charge is 0.312 e. The summed E-state index contributed by atoms with van der Waals surface area (Å²) in [5, 5.41) is 3.24. The third kappa shape index (κ3) is 3.17. The number of nitrogens with one attached hydrogen (secondary N) is 1. The summed E-state index contributed by atoms with van der Waals surface area (Å²) < 4.78 is 0. The molecule has 2 aliphatic rings. The van der Waals surface area contributed by atoms with Gasteiger partial charge in [-0.05, 0) is 19.9 Å². The van der Waals surface area contributed by atoms with Gasteiger partial charge in [0.2, 0.25) is 0 Å². The summed E-state index contributed by atoms with van der Waals surface area (Å²) in [4.78, 5) is 27.8. The van der Waals surface area contributed by atoms with Gasteiger partial charge in [0.25, 0.3) is 0 Å². The Bertz CT molecular complexity index is 316. The number of carbonyl (C=O) groups excluding carboxylic acids is 2. The van der Waals surface area contributed by atoms with E-state index in [9.17, 15) is 9.59 Å². The quantitative estimate of drug-likeness (QED) is 0.619. The molecular weight excluding hydrogens is 250 g/mol. The minimum atomic E-state index is -0.322. The minimum absolute atomic E-state index is 0.172. The average molecular weight is 271 g/mol. The summed E-state index contributed by atoms with van der Waals surface area (Å²) >= 11 is 1.85. The van der Waals surface area contributed by atoms with E-state index < -0.39 is 0 Å². The molecule has 0 bridgehead atoms. The highest BCUT2D eigenvalue weighted by molar-refractivity contribution is 7.99. The second-order valence-electron chi connectivity index (χ2n) is 4.82. The fourth-order valence-corrected chi connectivity index (χ4v) is 3.35. The van der Waals surface area contributed by atoms with Crippen LogP contribution in [0.4, 0.5) is 0 Å². The molecule has 0 saturated carbocycles. The lowest BCUT2D eigenvalue weighted by Gasteiger charge is -2.33. The topological polar surface area (TPSA) is 52.7 Å². The maximum absolute atomic E-state index is 12.2. The van der Waals surface area contributed by atoms with Crippen molar-refractivity contribution >= 4 is 23.6 Å². The van der Waals surface area contributed by atoms with Gasteiger partial charge < -0.3 is 15.1 Å². The number of carbonyl (C=O) groups is 2. The van der Waals surface area contributed by atoms with Crippen LogP contribution in [0.5, 0.6) is 0 Å². The maximum Gasteiger partial charge on any atom is 0.312 e. The van der Waals surface area contributed by atoms with Crippen molar-refractivity contribution in [1.29, 1.82) is 0 Å². The first-order chi connectivity index (χ1) is 8.70. The van der Waals surface area contributed by atoms with Crippen LogP contribution in [0, 0.1) is 0 Å². The average Bonchev–Trinajstić information content (AvgIpc) is 2.66. The van der Waals surface area contributed by atoms with Crippen LogP contribution in [0.1, 0.15) is 13.3 Å². The van der Waals surface area contributed by atoms with Crippen LogP contribution in [0.3, 0.4) is 0 Å². The summed E-state index contributed by atoms with van der Waals surface area (Å²) in [7, 11) is 0. The maximum atomic E-state index is 12.2. The van der Waals surface area contributed by atoms with Crippen molar-refractivity contribution in [3.05, 3.63) is 0 Å². The van der Waals surface area contributed by atoms with Crippen molar-refractivity contribution in [2.24, 2.45) is 0 Å². The molecule has 0 aliphatic carbocycles. The van der Waals surface area contributed by atoms with E-state index in [0.717, 1.165) is 31.0 Å². The second-order valence-corrected chi connectivity index (χ2v) is 5.97. The Kier molecular flexibility index (Phi) is 4.88. The number of rotatable bonds is 0. The van der Waals surface area contributed by atoms with Gasteiger partial charge >= 0.3 is 11.8 Å². The number of nitrogens with zero attached hydrogens (tertiary/aromatic N) is 2. The third-order valence-corrected chi connectivity index (χ3v) is 4.63. The minimum Gasteiger partial charge on any atom is -0.333 e. The molecule has 2 fully saturated rings. The zero-order valence-corrected chi connectivity index (χ0v) is 11.7. The summed E-state index contributed by atoms with van der Waals surface area (Å²) in [6, 6.07) is 0.172. The lowest BCUT2D eigenvalue weighted by molar-refractivity contribution is -0.152. The van der Waals surface area contributed by atoms with E-state index in [0.29, 0.717) is 19.6 Å². The highest BCUT2D eigenvalue weighted by atomic mass is 32.2. The molecule has 1 unspecified atom stereocenters. The van der Waals surface area contributed by atoms with E-state index in [1.54, 1.807) is 9.80 Å². The van der Waals surface area contributed by atoms with Crippen LogP contribution in [0.15, 0.2) is 0 Å². The van der Waals surface area contributed by atoms with Crippen LogP contribution < -0.4 is 5.32 Å². The monoisotopic (exact) mass is 271 g/mol. The predicted molar refractivity (Wildman–Crippen MR) is 72.6 cm³/mol. The van der Waals surface area contributed by atoms with E-state index in [1.165, 1.54) is 0 Å². The highest BCUT2D eigenvalue weighted by Gasteiger charge is 2.31. The van der Waals surface area contributed by atoms with Gasteiger partial charge in [-0.1, -0.05) is 0 Å². The van der Waals surface area contributed by atoms with E-state index in [4.69, 9.17) is 0 Å². The van der Waals surface area contributed by atoms with E-state index in [2.05, 4.69) is 5.32 Å². The molecule has 2 amide bonds. The third-order valence-electron chi connectivity index (χ3n) is 3.44. The van der Waals surface area contributed by atoms with Gasteiger partial charge in [0.05, 0.1) is 0 Å². The van der Waals surface area contributed by atoms with Crippen LogP contribution >= 0.6 is 11.8 Å². The fraction of sp³-hybridized carbons (Fsp3) is 0.833. The van der Waals surface area contributed by atoms with Crippen molar-refractivity contribution in [2.75, 3.05) is 44.2 Å². The Morgan fingerprint density at radius 1 is 1.17 bits per heavy atom. The van der Waals surface area contributed by atoms with Crippen molar-refractivity contribution in [3.63, 3.8) is 0 Å². The molecule has 0 aromatic rings. The zero-order valence-electron chi connectivity index (χ0n) is 10.9. The second kappa shape index (κ2) is 6.43. The molecule has 102 valence electrons. The van der Waals surface area contributed by atoms with Gasteiger partial charge in [0, 0.05) is 43.7 Å². The first-order valence-electron chi connectivity index (χ1n) is 6.58. The molecule has 0 spiro atoms. The molecule has 0 radical (unpaired) electrons. The Hall–Kier alpha value is -0.750. The van der Waals surface area contributed by atoms with Crippen molar-refractivity contribution < 1.29 is 9.59 Å². The normalized spacial score (nSPS) is 25.7. The molecule has 1 N–H and O–H groups in total. The van der Waals surface area contributed by atoms with Crippen molar-refractivity contribution in [1.82, 2.24) is 15.1 Å². The van der Waals surface area contributed by atoms with E-state index in [-0.39, 0.29) is 17.9 Å². The van der Waals surface area contributed by atoms with Gasteiger partial charge in [0.15, 0.2) is 0 Å². The van der Waals surface area contributed by atoms with Gasteiger partial charge in [-0.25, -0.2) is 0 Å². The lowest BCUT2D eigenvalue weighted by Crippen LogP contribution is -2.52. The van der Waals surface area contributed by atoms with Gasteiger partial charge in [-0.2, -0.15) is 11.8 Å². The summed E-state index contributed by atoms with van der Waals surface area (Å²) in [6.45, 7) is 5.75. The van der Waals surface area contributed by atoms with Gasteiger partial charge in [-0.3, -0.25) is 9.59 Å². The fourth-order valence-electron chi connectivity index (χ4n) is 2.34. The molecule has 0 aromatic heterocycles. The first kappa shape index (κ1) is 13.7. The molecule has 5 nitrogen and oxygen atoms in total. The number of hydrogen-bond donors (Lipinski definition) is 1. The highest BCUT2D eigenvalue weighted by Crippen LogP contribution is 2.16. The Balaban J connectivity index is 1.96. The molecule has 1 atom stereocenters. The number of hydrogen-bond acceptors (Lipinski definition) is 4. The molecule has 0 aromatic carbocycles. The summed E-state index contributed by atoms with van der Waals surface area (Å²) in [5.41, 5.74) is 0. The van der Waals surface area contributed by atoms with Crippen molar-refractivity contribution in [2.45, 2.75) is 19.4 Å². The lowest BCUT2D eigenvalue weighted by atomic mass is 10.2. The molecule has 2 heterocycles. The zero-order chi connectivity index (χ0) is 13.0. The molecule has 2 rings (SSSR count). The molecule has 2 aliphatic heterocycles. The van der Waals surface area contributed by atoms with E-state index in [1.807, 2.05) is 18.7 Å². The van der Waals surface area contributed by atoms with Crippen LogP contribution in [-0.2, 0) is 9.59 Å². The largest absolute Gasteiger partial charge is 0.333 e. The molecular formula is C12H21N3O2S. The summed E-state index contributed by atoms with van der Waals surface area (Å²) in [5.74, 6) is 1.23. The predicted octanol–water partition coefficient (Wildman–Crippen LogP) is -0.228. The number of amides is 2. The van der Waals surface area contributed by atoms with Gasteiger partial charge in [-0.15, -0.1) is 0 Å². The van der Waals surface area contributed by atoms with Crippen molar-refractivity contribution in [3.8, 4) is 0 Å². The van der Waals surface area contributed by atoms with Crippen LogP contribution in [0.25, 0.3) is 0 Å². The Labute approximate surface area is 112 Å². The molecule has 18 heavy (non-hydrogen) atoms. The Morgan fingerprint density at radius 2 is 2.00 bits per heavy atom. The van der Waals surface area contributed by atoms with Crippen LogP contribution in [-0.4, -0.2) is 71.9 Å². The van der Waals surface area contributed by atoms with E-state index >= 15 is 0 Å². The first-order valence-corrected chi connectivity index (χ1v) is 7.74.